The van der Waals surface area contributed by atoms with Gasteiger partial charge in [-0.3, -0.25) is 4.99 Å². The molecule has 0 aliphatic heterocycles. The number of hydrogen-bond acceptors (Lipinski definition) is 4. The van der Waals surface area contributed by atoms with E-state index in [0.717, 1.165) is 5.56 Å². The third kappa shape index (κ3) is 7.06. The van der Waals surface area contributed by atoms with E-state index in [-0.39, 0.29) is 42.4 Å². The second-order valence-electron chi connectivity index (χ2n) is 6.28. The highest BCUT2D eigenvalue weighted by molar-refractivity contribution is 14.0. The van der Waals surface area contributed by atoms with Crippen LogP contribution in [-0.2, 0) is 6.54 Å². The van der Waals surface area contributed by atoms with Gasteiger partial charge in [-0.25, -0.2) is 4.39 Å². The zero-order chi connectivity index (χ0) is 21.2. The number of nitriles is 1. The maximum atomic E-state index is 14.0. The highest BCUT2D eigenvalue weighted by atomic mass is 127. The number of hydrogen-bond donors (Lipinski definition) is 2. The van der Waals surface area contributed by atoms with E-state index in [1.165, 1.54) is 18.2 Å². The molecule has 2 N–H and O–H groups in total. The molecule has 162 valence electrons. The predicted molar refractivity (Wildman–Crippen MR) is 127 cm³/mol. The first-order valence-corrected chi connectivity index (χ1v) is 9.57. The normalized spacial score (nSPS) is 11.7. The summed E-state index contributed by atoms with van der Waals surface area (Å²) in [5, 5.41) is 15.3. The molecule has 0 aliphatic carbocycles. The van der Waals surface area contributed by atoms with Gasteiger partial charge in [0.15, 0.2) is 17.5 Å². The van der Waals surface area contributed by atoms with Crippen molar-refractivity contribution in [3.8, 4) is 17.6 Å². The Bertz CT molecular complexity index is 899. The zero-order valence-electron chi connectivity index (χ0n) is 17.7. The lowest BCUT2D eigenvalue weighted by Crippen LogP contribution is -2.38. The van der Waals surface area contributed by atoms with Crippen molar-refractivity contribution in [1.82, 2.24) is 10.6 Å². The molecule has 0 saturated carbocycles. The quantitative estimate of drug-likeness (QED) is 0.300. The van der Waals surface area contributed by atoms with Gasteiger partial charge < -0.3 is 20.1 Å². The van der Waals surface area contributed by atoms with Gasteiger partial charge in [0.05, 0.1) is 30.9 Å². The molecule has 2 aromatic rings. The third-order valence-corrected chi connectivity index (χ3v) is 4.27. The summed E-state index contributed by atoms with van der Waals surface area (Å²) < 4.78 is 25.3. The van der Waals surface area contributed by atoms with E-state index >= 15 is 0 Å². The molecule has 30 heavy (non-hydrogen) atoms. The van der Waals surface area contributed by atoms with Gasteiger partial charge in [-0.2, -0.15) is 5.26 Å². The SMILES string of the molecule is CCOc1ccc(C(C)NC(=NC)NCc2cc(C#N)ccc2F)cc1OCC.I. The number of rotatable bonds is 8. The summed E-state index contributed by atoms with van der Waals surface area (Å²) in [4.78, 5) is 4.20. The molecule has 2 rings (SSSR count). The standard InChI is InChI=1S/C22H27FN4O2.HI/c1-5-28-20-10-8-17(12-21(20)29-6-2)15(3)27-22(25-4)26-14-18-11-16(13-24)7-9-19(18)23;/h7-12,15H,5-6,14H2,1-4H3,(H2,25,26,27);1H. The number of nitrogens with one attached hydrogen (secondary N) is 2. The first-order chi connectivity index (χ1) is 14.0. The van der Waals surface area contributed by atoms with Crippen molar-refractivity contribution in [2.24, 2.45) is 4.99 Å². The van der Waals surface area contributed by atoms with Crippen molar-refractivity contribution in [2.45, 2.75) is 33.4 Å². The minimum absolute atomic E-state index is 0. The van der Waals surface area contributed by atoms with Gasteiger partial charge in [-0.15, -0.1) is 24.0 Å². The summed E-state index contributed by atoms with van der Waals surface area (Å²) in [6.45, 7) is 7.17. The first-order valence-electron chi connectivity index (χ1n) is 9.57. The van der Waals surface area contributed by atoms with Crippen molar-refractivity contribution < 1.29 is 13.9 Å². The van der Waals surface area contributed by atoms with Gasteiger partial charge in [0.1, 0.15) is 5.82 Å². The summed E-state index contributed by atoms with van der Waals surface area (Å²) >= 11 is 0. The van der Waals surface area contributed by atoms with Crippen LogP contribution in [0.2, 0.25) is 0 Å². The number of aliphatic imine (C=N–C) groups is 1. The molecule has 1 unspecified atom stereocenters. The van der Waals surface area contributed by atoms with Gasteiger partial charge >= 0.3 is 0 Å². The van der Waals surface area contributed by atoms with Gasteiger partial charge in [0, 0.05) is 19.2 Å². The lowest BCUT2D eigenvalue weighted by Gasteiger charge is -2.20. The second kappa shape index (κ2) is 12.9. The van der Waals surface area contributed by atoms with E-state index in [4.69, 9.17) is 14.7 Å². The maximum Gasteiger partial charge on any atom is 0.191 e. The molecule has 0 spiro atoms. The summed E-state index contributed by atoms with van der Waals surface area (Å²) in [5.74, 6) is 1.55. The van der Waals surface area contributed by atoms with Crippen molar-refractivity contribution >= 4 is 29.9 Å². The van der Waals surface area contributed by atoms with Crippen molar-refractivity contribution in [2.75, 3.05) is 20.3 Å². The lowest BCUT2D eigenvalue weighted by atomic mass is 10.1. The van der Waals surface area contributed by atoms with E-state index in [0.29, 0.717) is 41.8 Å². The Morgan fingerprint density at radius 2 is 1.83 bits per heavy atom. The highest BCUT2D eigenvalue weighted by Crippen LogP contribution is 2.30. The fraction of sp³-hybridized carbons (Fsp3) is 0.364. The zero-order valence-corrected chi connectivity index (χ0v) is 20.0. The monoisotopic (exact) mass is 526 g/mol. The van der Waals surface area contributed by atoms with E-state index in [9.17, 15) is 4.39 Å². The average molecular weight is 526 g/mol. The lowest BCUT2D eigenvalue weighted by molar-refractivity contribution is 0.287. The fourth-order valence-corrected chi connectivity index (χ4v) is 2.78. The van der Waals surface area contributed by atoms with Crippen molar-refractivity contribution in [1.29, 1.82) is 5.26 Å². The third-order valence-electron chi connectivity index (χ3n) is 4.27. The van der Waals surface area contributed by atoms with Crippen LogP contribution in [0.4, 0.5) is 4.39 Å². The number of guanidine groups is 1. The van der Waals surface area contributed by atoms with Crippen LogP contribution in [0, 0.1) is 17.1 Å². The molecular weight excluding hydrogens is 498 g/mol. The topological polar surface area (TPSA) is 78.7 Å². The largest absolute Gasteiger partial charge is 0.490 e. The highest BCUT2D eigenvalue weighted by Gasteiger charge is 2.13. The molecule has 0 fully saturated rings. The number of benzene rings is 2. The molecule has 1 atom stereocenters. The van der Waals surface area contributed by atoms with Crippen LogP contribution in [0.3, 0.4) is 0 Å². The molecule has 8 heteroatoms. The van der Waals surface area contributed by atoms with Gasteiger partial charge in [-0.1, -0.05) is 6.07 Å². The summed E-state index contributed by atoms with van der Waals surface area (Å²) in [6.07, 6.45) is 0. The maximum absolute atomic E-state index is 14.0. The minimum atomic E-state index is -0.368. The molecule has 0 radical (unpaired) electrons. The van der Waals surface area contributed by atoms with Crippen molar-refractivity contribution in [3.05, 3.63) is 58.9 Å². The van der Waals surface area contributed by atoms with Crippen molar-refractivity contribution in [3.63, 3.8) is 0 Å². The Labute approximate surface area is 194 Å². The van der Waals surface area contributed by atoms with E-state index in [1.54, 1.807) is 7.05 Å². The number of halogens is 2. The Kier molecular flexibility index (Phi) is 11.0. The summed E-state index contributed by atoms with van der Waals surface area (Å²) in [5.41, 5.74) is 1.81. The summed E-state index contributed by atoms with van der Waals surface area (Å²) in [6, 6.07) is 12.0. The fourth-order valence-electron chi connectivity index (χ4n) is 2.78. The van der Waals surface area contributed by atoms with Crippen LogP contribution in [0.5, 0.6) is 11.5 Å². The van der Waals surface area contributed by atoms with Crippen LogP contribution in [0.15, 0.2) is 41.4 Å². The minimum Gasteiger partial charge on any atom is -0.490 e. The van der Waals surface area contributed by atoms with E-state index in [1.807, 2.05) is 45.0 Å². The summed E-state index contributed by atoms with van der Waals surface area (Å²) in [7, 11) is 1.65. The average Bonchev–Trinajstić information content (AvgIpc) is 2.73. The molecule has 0 saturated heterocycles. The molecule has 0 heterocycles. The Morgan fingerprint density at radius 1 is 1.13 bits per heavy atom. The Hall–Kier alpha value is -2.54. The second-order valence-corrected chi connectivity index (χ2v) is 6.28. The molecule has 2 aromatic carbocycles. The van der Waals surface area contributed by atoms with Gasteiger partial charge in [-0.05, 0) is 56.7 Å². The van der Waals surface area contributed by atoms with Crippen LogP contribution < -0.4 is 20.1 Å². The molecule has 6 nitrogen and oxygen atoms in total. The number of nitrogens with zero attached hydrogens (tertiary/aromatic N) is 2. The first kappa shape index (κ1) is 25.5. The van der Waals surface area contributed by atoms with Gasteiger partial charge in [0.2, 0.25) is 0 Å². The molecule has 0 aliphatic rings. The molecule has 0 bridgehead atoms. The smallest absolute Gasteiger partial charge is 0.191 e. The Balaban J connectivity index is 0.00000450. The van der Waals surface area contributed by atoms with Crippen LogP contribution in [-0.4, -0.2) is 26.2 Å². The van der Waals surface area contributed by atoms with Gasteiger partial charge in [0.25, 0.3) is 0 Å². The Morgan fingerprint density at radius 3 is 2.47 bits per heavy atom. The molecule has 0 amide bonds. The number of ether oxygens (including phenoxy) is 2. The van der Waals surface area contributed by atoms with E-state index < -0.39 is 0 Å². The van der Waals surface area contributed by atoms with Crippen LogP contribution >= 0.6 is 24.0 Å². The molecule has 0 aromatic heterocycles. The molecular formula is C22H28FIN4O2. The van der Waals surface area contributed by atoms with Crippen LogP contribution in [0.25, 0.3) is 0 Å². The van der Waals surface area contributed by atoms with E-state index in [2.05, 4.69) is 15.6 Å². The predicted octanol–water partition coefficient (Wildman–Crippen LogP) is 4.54. The van der Waals surface area contributed by atoms with Crippen LogP contribution in [0.1, 0.15) is 43.5 Å².